The second-order valence-corrected chi connectivity index (χ2v) is 4.54. The predicted molar refractivity (Wildman–Crippen MR) is 70.0 cm³/mol. The summed E-state index contributed by atoms with van der Waals surface area (Å²) < 4.78 is 4.78. The minimum Gasteiger partial charge on any atom is -0.467 e. The number of nitrogens with zero attached hydrogens (tertiary/aromatic N) is 1. The number of methoxy groups -OCH3 is 1. The van der Waals surface area contributed by atoms with Crippen LogP contribution in [0, 0.1) is 17.2 Å². The van der Waals surface area contributed by atoms with Gasteiger partial charge in [-0.1, -0.05) is 19.9 Å². The van der Waals surface area contributed by atoms with Crippen molar-refractivity contribution in [1.82, 2.24) is 0 Å². The van der Waals surface area contributed by atoms with Gasteiger partial charge in [0.25, 0.3) is 0 Å². The van der Waals surface area contributed by atoms with Crippen LogP contribution in [0.15, 0.2) is 24.3 Å². The van der Waals surface area contributed by atoms with Crippen molar-refractivity contribution in [2.45, 2.75) is 26.3 Å². The molecule has 4 heteroatoms. The Morgan fingerprint density at radius 3 is 2.78 bits per heavy atom. The lowest BCUT2D eigenvalue weighted by atomic mass is 10.0. The smallest absolute Gasteiger partial charge is 0.328 e. The molecule has 1 atom stereocenters. The summed E-state index contributed by atoms with van der Waals surface area (Å²) in [4.78, 5) is 11.7. The largest absolute Gasteiger partial charge is 0.467 e. The summed E-state index contributed by atoms with van der Waals surface area (Å²) in [5.74, 6) is 0.0896. The van der Waals surface area contributed by atoms with E-state index in [4.69, 9.17) is 10.00 Å². The predicted octanol–water partition coefficient (Wildman–Crippen LogP) is 2.56. The SMILES string of the molecule is COC(=O)C(CC(C)C)Nc1cccc(C#N)c1. The molecule has 0 fully saturated rings. The van der Waals surface area contributed by atoms with Crippen molar-refractivity contribution in [1.29, 1.82) is 5.26 Å². The number of carbonyl (C=O) groups is 1. The first-order valence-electron chi connectivity index (χ1n) is 5.91. The van der Waals surface area contributed by atoms with E-state index in [0.717, 1.165) is 5.69 Å². The summed E-state index contributed by atoms with van der Waals surface area (Å²) in [6, 6.07) is 8.74. The quantitative estimate of drug-likeness (QED) is 0.811. The van der Waals surface area contributed by atoms with Gasteiger partial charge >= 0.3 is 5.97 Å². The minimum atomic E-state index is -0.385. The van der Waals surface area contributed by atoms with Crippen molar-refractivity contribution in [3.63, 3.8) is 0 Å². The van der Waals surface area contributed by atoms with Crippen molar-refractivity contribution in [2.24, 2.45) is 5.92 Å². The van der Waals surface area contributed by atoms with Gasteiger partial charge in [0.15, 0.2) is 0 Å². The topological polar surface area (TPSA) is 62.1 Å². The van der Waals surface area contributed by atoms with Gasteiger partial charge in [-0.15, -0.1) is 0 Å². The van der Waals surface area contributed by atoms with Gasteiger partial charge in [-0.05, 0) is 30.5 Å². The molecule has 0 saturated carbocycles. The van der Waals surface area contributed by atoms with Crippen LogP contribution in [0.5, 0.6) is 0 Å². The van der Waals surface area contributed by atoms with E-state index in [2.05, 4.69) is 11.4 Å². The highest BCUT2D eigenvalue weighted by Gasteiger charge is 2.20. The van der Waals surface area contributed by atoms with Gasteiger partial charge in [0.1, 0.15) is 6.04 Å². The Labute approximate surface area is 108 Å². The van der Waals surface area contributed by atoms with E-state index in [0.29, 0.717) is 17.9 Å². The van der Waals surface area contributed by atoms with Gasteiger partial charge < -0.3 is 10.1 Å². The Morgan fingerprint density at radius 2 is 2.22 bits per heavy atom. The van der Waals surface area contributed by atoms with Crippen LogP contribution in [0.3, 0.4) is 0 Å². The molecule has 96 valence electrons. The number of rotatable bonds is 5. The third kappa shape index (κ3) is 4.10. The molecular weight excluding hydrogens is 228 g/mol. The van der Waals surface area contributed by atoms with Crippen LogP contribution >= 0.6 is 0 Å². The Hall–Kier alpha value is -2.02. The lowest BCUT2D eigenvalue weighted by molar-refractivity contribution is -0.141. The van der Waals surface area contributed by atoms with E-state index in [1.165, 1.54) is 7.11 Å². The summed E-state index contributed by atoms with van der Waals surface area (Å²) in [6.07, 6.45) is 0.684. The van der Waals surface area contributed by atoms with Crippen LogP contribution in [0.2, 0.25) is 0 Å². The highest BCUT2D eigenvalue weighted by Crippen LogP contribution is 2.15. The second-order valence-electron chi connectivity index (χ2n) is 4.54. The minimum absolute atomic E-state index is 0.286. The summed E-state index contributed by atoms with van der Waals surface area (Å²) in [7, 11) is 1.38. The average molecular weight is 246 g/mol. The van der Waals surface area contributed by atoms with Crippen molar-refractivity contribution in [3.05, 3.63) is 29.8 Å². The van der Waals surface area contributed by atoms with Gasteiger partial charge in [0.2, 0.25) is 0 Å². The van der Waals surface area contributed by atoms with Crippen LogP contribution in [-0.2, 0) is 9.53 Å². The molecule has 1 aromatic rings. The molecule has 0 radical (unpaired) electrons. The van der Waals surface area contributed by atoms with Crippen molar-refractivity contribution >= 4 is 11.7 Å². The lowest BCUT2D eigenvalue weighted by Gasteiger charge is -2.19. The molecular formula is C14H18N2O2. The number of nitrogens with one attached hydrogen (secondary N) is 1. The van der Waals surface area contributed by atoms with Crippen molar-refractivity contribution in [3.8, 4) is 6.07 Å². The highest BCUT2D eigenvalue weighted by atomic mass is 16.5. The van der Waals surface area contributed by atoms with Gasteiger partial charge in [-0.2, -0.15) is 5.26 Å². The van der Waals surface area contributed by atoms with Crippen LogP contribution < -0.4 is 5.32 Å². The van der Waals surface area contributed by atoms with E-state index < -0.39 is 0 Å². The summed E-state index contributed by atoms with van der Waals surface area (Å²) in [5.41, 5.74) is 1.32. The molecule has 0 amide bonds. The normalized spacial score (nSPS) is 11.7. The average Bonchev–Trinajstić information content (AvgIpc) is 2.36. The molecule has 0 heterocycles. The van der Waals surface area contributed by atoms with Crippen LogP contribution in [0.1, 0.15) is 25.8 Å². The number of carbonyl (C=O) groups excluding carboxylic acids is 1. The van der Waals surface area contributed by atoms with Gasteiger partial charge in [-0.25, -0.2) is 4.79 Å². The highest BCUT2D eigenvalue weighted by molar-refractivity contribution is 5.79. The summed E-state index contributed by atoms with van der Waals surface area (Å²) in [6.45, 7) is 4.09. The summed E-state index contributed by atoms with van der Waals surface area (Å²) >= 11 is 0. The molecule has 1 N–H and O–H groups in total. The molecule has 1 rings (SSSR count). The fourth-order valence-electron chi connectivity index (χ4n) is 1.71. The van der Waals surface area contributed by atoms with E-state index >= 15 is 0 Å². The molecule has 4 nitrogen and oxygen atoms in total. The fraction of sp³-hybridized carbons (Fsp3) is 0.429. The first kappa shape index (κ1) is 14.0. The molecule has 0 aliphatic rings. The fourth-order valence-corrected chi connectivity index (χ4v) is 1.71. The third-order valence-electron chi connectivity index (χ3n) is 2.53. The molecule has 18 heavy (non-hydrogen) atoms. The molecule has 0 bridgehead atoms. The lowest BCUT2D eigenvalue weighted by Crippen LogP contribution is -2.32. The van der Waals surface area contributed by atoms with Gasteiger partial charge in [0.05, 0.1) is 18.7 Å². The van der Waals surface area contributed by atoms with Gasteiger partial charge in [0, 0.05) is 5.69 Å². The van der Waals surface area contributed by atoms with Gasteiger partial charge in [-0.3, -0.25) is 0 Å². The number of benzene rings is 1. The maximum atomic E-state index is 11.7. The number of esters is 1. The van der Waals surface area contributed by atoms with E-state index in [1.54, 1.807) is 18.2 Å². The Kier molecular flexibility index (Phi) is 5.19. The summed E-state index contributed by atoms with van der Waals surface area (Å²) in [5, 5.41) is 11.9. The number of anilines is 1. The molecule has 0 aromatic heterocycles. The molecule has 0 aliphatic heterocycles. The molecule has 0 spiro atoms. The molecule has 0 aliphatic carbocycles. The van der Waals surface area contributed by atoms with Crippen LogP contribution in [0.25, 0.3) is 0 Å². The Morgan fingerprint density at radius 1 is 1.50 bits per heavy atom. The van der Waals surface area contributed by atoms with Crippen LogP contribution in [0.4, 0.5) is 5.69 Å². The van der Waals surface area contributed by atoms with Crippen LogP contribution in [-0.4, -0.2) is 19.1 Å². The Balaban J connectivity index is 2.82. The molecule has 0 saturated heterocycles. The first-order valence-corrected chi connectivity index (χ1v) is 5.91. The zero-order valence-electron chi connectivity index (χ0n) is 10.9. The zero-order valence-corrected chi connectivity index (χ0v) is 10.9. The maximum absolute atomic E-state index is 11.7. The third-order valence-corrected chi connectivity index (χ3v) is 2.53. The molecule has 1 unspecified atom stereocenters. The van der Waals surface area contributed by atoms with E-state index in [1.807, 2.05) is 19.9 Å². The molecule has 1 aromatic carbocycles. The van der Waals surface area contributed by atoms with Crippen molar-refractivity contribution < 1.29 is 9.53 Å². The number of nitriles is 1. The Bertz CT molecular complexity index is 449. The number of ether oxygens (including phenoxy) is 1. The number of hydrogen-bond acceptors (Lipinski definition) is 4. The maximum Gasteiger partial charge on any atom is 0.328 e. The van der Waals surface area contributed by atoms with E-state index in [9.17, 15) is 4.79 Å². The number of hydrogen-bond donors (Lipinski definition) is 1. The van der Waals surface area contributed by atoms with Crippen molar-refractivity contribution in [2.75, 3.05) is 12.4 Å². The first-order chi connectivity index (χ1) is 8.56. The monoisotopic (exact) mass is 246 g/mol. The second kappa shape index (κ2) is 6.65. The van der Waals surface area contributed by atoms with E-state index in [-0.39, 0.29) is 12.0 Å². The standard InChI is InChI=1S/C14H18N2O2/c1-10(2)7-13(14(17)18-3)16-12-6-4-5-11(8-12)9-15/h4-6,8,10,13,16H,7H2,1-3H3. The zero-order chi connectivity index (χ0) is 13.5.